The van der Waals surface area contributed by atoms with Gasteiger partial charge in [-0.2, -0.15) is 0 Å². The molecule has 9 heteroatoms. The van der Waals surface area contributed by atoms with Gasteiger partial charge in [0.2, 0.25) is 0 Å². The van der Waals surface area contributed by atoms with Crippen molar-refractivity contribution in [3.05, 3.63) is 59.3 Å². The van der Waals surface area contributed by atoms with Crippen LogP contribution in [0.5, 0.6) is 0 Å². The highest BCUT2D eigenvalue weighted by molar-refractivity contribution is 5.86. The van der Waals surface area contributed by atoms with Gasteiger partial charge in [0.25, 0.3) is 0 Å². The Kier molecular flexibility index (Phi) is 17.6. The summed E-state index contributed by atoms with van der Waals surface area (Å²) in [4.78, 5) is 4.49. The third-order valence-electron chi connectivity index (χ3n) is 5.00. The minimum absolute atomic E-state index is 0. The number of nitrogens with one attached hydrogen (secondary N) is 3. The number of halogens is 4. The minimum Gasteiger partial charge on any atom is -0.384 e. The highest BCUT2D eigenvalue weighted by atomic mass is 35.5. The maximum absolute atomic E-state index is 5.89. The van der Waals surface area contributed by atoms with Crippen molar-refractivity contribution in [3.63, 3.8) is 0 Å². The van der Waals surface area contributed by atoms with Crippen LogP contribution < -0.4 is 21.7 Å². The van der Waals surface area contributed by atoms with Crippen LogP contribution in [0, 0.1) is 12.8 Å². The van der Waals surface area contributed by atoms with Crippen molar-refractivity contribution in [1.29, 1.82) is 0 Å². The van der Waals surface area contributed by atoms with Crippen LogP contribution in [-0.2, 0) is 12.8 Å². The van der Waals surface area contributed by atoms with Crippen LogP contribution >= 0.6 is 49.6 Å². The van der Waals surface area contributed by atoms with E-state index in [2.05, 4.69) is 64.3 Å². The number of rotatable bonds is 9. The van der Waals surface area contributed by atoms with Gasteiger partial charge in [-0.15, -0.1) is 49.6 Å². The Labute approximate surface area is 205 Å². The number of aryl methyl sites for hydroxylation is 1. The zero-order chi connectivity index (χ0) is 18.2. The normalized spacial score (nSPS) is 17.1. The Bertz CT molecular complexity index is 670. The highest BCUT2D eigenvalue weighted by Gasteiger charge is 2.26. The van der Waals surface area contributed by atoms with E-state index in [-0.39, 0.29) is 49.6 Å². The van der Waals surface area contributed by atoms with Crippen LogP contribution in [0.4, 0.5) is 5.82 Å². The largest absolute Gasteiger partial charge is 0.384 e. The fourth-order valence-electron chi connectivity index (χ4n) is 3.68. The molecule has 5 N–H and O–H groups in total. The van der Waals surface area contributed by atoms with Crippen LogP contribution in [0.1, 0.15) is 16.8 Å². The molecule has 1 fully saturated rings. The van der Waals surface area contributed by atoms with Gasteiger partial charge in [-0.3, -0.25) is 0 Å². The lowest BCUT2D eigenvalue weighted by Crippen LogP contribution is -2.40. The molecule has 2 atom stereocenters. The molecule has 1 aromatic carbocycles. The summed E-state index contributed by atoms with van der Waals surface area (Å²) >= 11 is 0. The van der Waals surface area contributed by atoms with Crippen molar-refractivity contribution in [1.82, 2.24) is 20.9 Å². The van der Waals surface area contributed by atoms with Crippen molar-refractivity contribution >= 4 is 55.4 Å². The highest BCUT2D eigenvalue weighted by Crippen LogP contribution is 2.17. The van der Waals surface area contributed by atoms with E-state index >= 15 is 0 Å². The van der Waals surface area contributed by atoms with Gasteiger partial charge in [-0.25, -0.2) is 4.98 Å². The fourth-order valence-corrected chi connectivity index (χ4v) is 3.68. The molecule has 2 aromatic rings. The first-order valence-electron chi connectivity index (χ1n) is 9.62. The topological polar surface area (TPSA) is 75.0 Å². The smallest absolute Gasteiger partial charge is 0.123 e. The molecule has 0 saturated carbocycles. The summed E-state index contributed by atoms with van der Waals surface area (Å²) in [6.07, 6.45) is 2.05. The fraction of sp³-hybridized carbons (Fsp3) is 0.476. The Hall–Kier alpha value is -0.790. The van der Waals surface area contributed by atoms with Gasteiger partial charge in [0.05, 0.1) is 0 Å². The molecule has 30 heavy (non-hydrogen) atoms. The monoisotopic (exact) mass is 497 g/mol. The van der Waals surface area contributed by atoms with E-state index in [0.29, 0.717) is 17.8 Å². The van der Waals surface area contributed by atoms with Crippen molar-refractivity contribution in [2.45, 2.75) is 25.8 Å². The van der Waals surface area contributed by atoms with E-state index in [9.17, 15) is 0 Å². The van der Waals surface area contributed by atoms with E-state index in [1.165, 1.54) is 11.1 Å². The van der Waals surface area contributed by atoms with Crippen molar-refractivity contribution in [2.24, 2.45) is 5.92 Å². The maximum atomic E-state index is 5.89. The summed E-state index contributed by atoms with van der Waals surface area (Å²) in [7, 11) is 0. The minimum atomic E-state index is 0. The number of hydrogen-bond donors (Lipinski definition) is 4. The molecular formula is C21H35Cl4N5. The summed E-state index contributed by atoms with van der Waals surface area (Å²) < 4.78 is 0. The third-order valence-corrected chi connectivity index (χ3v) is 5.00. The lowest BCUT2D eigenvalue weighted by atomic mass is 9.97. The van der Waals surface area contributed by atoms with E-state index in [1.54, 1.807) is 0 Å². The molecule has 172 valence electrons. The summed E-state index contributed by atoms with van der Waals surface area (Å²) in [5.41, 5.74) is 9.56. The lowest BCUT2D eigenvalue weighted by Gasteiger charge is -2.20. The van der Waals surface area contributed by atoms with Crippen LogP contribution in [0.3, 0.4) is 0 Å². The van der Waals surface area contributed by atoms with Crippen LogP contribution in [0.25, 0.3) is 0 Å². The third kappa shape index (κ3) is 10.5. The average Bonchev–Trinajstić information content (AvgIpc) is 3.05. The zero-order valence-corrected chi connectivity index (χ0v) is 20.6. The molecule has 1 aromatic heterocycles. The number of hydrogen-bond acceptors (Lipinski definition) is 5. The van der Waals surface area contributed by atoms with E-state index < -0.39 is 0 Å². The first-order chi connectivity index (χ1) is 12.7. The van der Waals surface area contributed by atoms with E-state index in [1.807, 2.05) is 6.07 Å². The number of pyridine rings is 1. The van der Waals surface area contributed by atoms with Gasteiger partial charge in [0, 0.05) is 31.4 Å². The number of benzene rings is 1. The van der Waals surface area contributed by atoms with Crippen LogP contribution in [0.2, 0.25) is 0 Å². The molecule has 0 unspecified atom stereocenters. The predicted molar refractivity (Wildman–Crippen MR) is 137 cm³/mol. The molecule has 1 saturated heterocycles. The van der Waals surface area contributed by atoms with E-state index in [4.69, 9.17) is 5.73 Å². The Balaban J connectivity index is 0. The molecule has 5 nitrogen and oxygen atoms in total. The number of nitrogens with zero attached hydrogens (tertiary/aromatic N) is 1. The molecular weight excluding hydrogens is 464 g/mol. The molecule has 0 amide bonds. The molecule has 2 heterocycles. The molecule has 1 aliphatic rings. The van der Waals surface area contributed by atoms with Crippen LogP contribution in [-0.4, -0.2) is 43.7 Å². The SMILES string of the molecule is Cc1cc(N)nc(C[C@H]2CNC[C@H]2NCCNCCc2ccccc2)c1.Cl.Cl.Cl.Cl. The van der Waals surface area contributed by atoms with Crippen LogP contribution in [0.15, 0.2) is 42.5 Å². The second-order valence-corrected chi connectivity index (χ2v) is 7.23. The molecule has 0 radical (unpaired) electrons. The Morgan fingerprint density at radius 3 is 2.43 bits per heavy atom. The molecule has 0 bridgehead atoms. The van der Waals surface area contributed by atoms with Gasteiger partial charge in [-0.05, 0) is 62.0 Å². The van der Waals surface area contributed by atoms with Gasteiger partial charge in [0.15, 0.2) is 0 Å². The van der Waals surface area contributed by atoms with Crippen molar-refractivity contribution in [2.75, 3.05) is 38.5 Å². The Morgan fingerprint density at radius 1 is 1.00 bits per heavy atom. The molecule has 1 aliphatic heterocycles. The molecule has 0 aliphatic carbocycles. The summed E-state index contributed by atoms with van der Waals surface area (Å²) in [6, 6.07) is 15.2. The Morgan fingerprint density at radius 2 is 1.73 bits per heavy atom. The average molecular weight is 499 g/mol. The molecule has 3 rings (SSSR count). The van der Waals surface area contributed by atoms with Crippen molar-refractivity contribution < 1.29 is 0 Å². The summed E-state index contributed by atoms with van der Waals surface area (Å²) in [5.74, 6) is 1.19. The quantitative estimate of drug-likeness (QED) is 0.399. The first kappa shape index (κ1) is 31.4. The van der Waals surface area contributed by atoms with Gasteiger partial charge >= 0.3 is 0 Å². The van der Waals surface area contributed by atoms with Crippen molar-refractivity contribution in [3.8, 4) is 0 Å². The summed E-state index contributed by atoms with van der Waals surface area (Å²) in [5, 5.41) is 10.7. The number of aromatic nitrogens is 1. The number of nitrogen functional groups attached to an aromatic ring is 1. The van der Waals surface area contributed by atoms with E-state index in [0.717, 1.165) is 51.3 Å². The van der Waals surface area contributed by atoms with Gasteiger partial charge in [-0.1, -0.05) is 30.3 Å². The maximum Gasteiger partial charge on any atom is 0.123 e. The summed E-state index contributed by atoms with van der Waals surface area (Å²) in [6.45, 7) is 7.13. The first-order valence-corrected chi connectivity index (χ1v) is 9.62. The zero-order valence-electron chi connectivity index (χ0n) is 17.3. The number of anilines is 1. The number of nitrogens with two attached hydrogens (primary N) is 1. The molecule has 0 spiro atoms. The lowest BCUT2D eigenvalue weighted by molar-refractivity contribution is 0.419. The van der Waals surface area contributed by atoms with Gasteiger partial charge < -0.3 is 21.7 Å². The standard InChI is InChI=1S/C21H31N5.4ClH/c1-16-11-19(26-21(22)12-16)13-18-14-24-15-20(18)25-10-9-23-8-7-17-5-3-2-4-6-17;;;;/h2-6,11-12,18,20,23-25H,7-10,13-15H2,1H3,(H2,22,26);4*1H/t18-,20+;;;;/m0..../s1. The second-order valence-electron chi connectivity index (χ2n) is 7.23. The van der Waals surface area contributed by atoms with Gasteiger partial charge in [0.1, 0.15) is 5.82 Å². The second kappa shape index (κ2) is 16.8. The predicted octanol–water partition coefficient (Wildman–Crippen LogP) is 3.21.